The van der Waals surface area contributed by atoms with Gasteiger partial charge >= 0.3 is 0 Å². The van der Waals surface area contributed by atoms with Crippen molar-refractivity contribution in [1.82, 2.24) is 9.55 Å². The van der Waals surface area contributed by atoms with E-state index in [0.29, 0.717) is 30.0 Å². The number of hydrogen-bond donors (Lipinski definition) is 2. The molecule has 0 aliphatic heterocycles. The van der Waals surface area contributed by atoms with Gasteiger partial charge in [-0.3, -0.25) is 9.59 Å². The topological polar surface area (TPSA) is 97.4 Å². The van der Waals surface area contributed by atoms with Gasteiger partial charge in [-0.05, 0) is 62.4 Å². The lowest BCUT2D eigenvalue weighted by atomic mass is 9.93. The van der Waals surface area contributed by atoms with Crippen LogP contribution in [-0.2, 0) is 19.4 Å². The molecule has 1 aliphatic rings. The predicted octanol–water partition coefficient (Wildman–Crippen LogP) is 3.03. The second kappa shape index (κ2) is 7.34. The molecule has 28 heavy (non-hydrogen) atoms. The first-order chi connectivity index (χ1) is 13.5. The van der Waals surface area contributed by atoms with Gasteiger partial charge in [0, 0.05) is 17.5 Å². The Morgan fingerprint density at radius 3 is 2.89 bits per heavy atom. The van der Waals surface area contributed by atoms with Crippen molar-refractivity contribution in [2.75, 3.05) is 5.32 Å². The average molecular weight is 379 g/mol. The Kier molecular flexibility index (Phi) is 4.73. The van der Waals surface area contributed by atoms with Gasteiger partial charge in [0.2, 0.25) is 0 Å². The van der Waals surface area contributed by atoms with E-state index < -0.39 is 11.5 Å². The highest BCUT2D eigenvalue weighted by Gasteiger charge is 2.27. The summed E-state index contributed by atoms with van der Waals surface area (Å²) in [5, 5.41) is 13.4. The molecule has 0 unspecified atom stereocenters. The van der Waals surface area contributed by atoms with Crippen LogP contribution in [-0.4, -0.2) is 20.6 Å². The molecule has 0 fully saturated rings. The number of nitrogens with zero attached hydrogens (tertiary/aromatic N) is 2. The first kappa shape index (κ1) is 18.0. The van der Waals surface area contributed by atoms with Crippen LogP contribution in [0.4, 0.5) is 5.82 Å². The number of anilines is 1. The summed E-state index contributed by atoms with van der Waals surface area (Å²) in [5.74, 6) is 0.0640. The lowest BCUT2D eigenvalue weighted by Gasteiger charge is -2.23. The van der Waals surface area contributed by atoms with E-state index in [1.54, 1.807) is 35.2 Å². The molecule has 1 amide bonds. The van der Waals surface area contributed by atoms with Crippen LogP contribution in [0.1, 0.15) is 45.8 Å². The van der Waals surface area contributed by atoms with Crippen LogP contribution in [0.25, 0.3) is 0 Å². The lowest BCUT2D eigenvalue weighted by Crippen LogP contribution is -2.34. The largest absolute Gasteiger partial charge is 0.507 e. The Morgan fingerprint density at radius 1 is 1.32 bits per heavy atom. The van der Waals surface area contributed by atoms with Crippen LogP contribution >= 0.6 is 0 Å². The normalized spacial score (nSPS) is 13.2. The SMILES string of the molecule is Cc1ccnc(NC(=O)c2c(O)c3c(n(Cc4ccco4)c2=O)CCCC3)c1. The first-order valence-corrected chi connectivity index (χ1v) is 9.28. The predicted molar refractivity (Wildman–Crippen MR) is 104 cm³/mol. The smallest absolute Gasteiger partial charge is 0.267 e. The van der Waals surface area contributed by atoms with Crippen molar-refractivity contribution in [1.29, 1.82) is 0 Å². The van der Waals surface area contributed by atoms with Crippen LogP contribution in [0.5, 0.6) is 5.75 Å². The minimum absolute atomic E-state index is 0.220. The highest BCUT2D eigenvalue weighted by molar-refractivity contribution is 6.05. The number of carbonyl (C=O) groups is 1. The molecule has 0 atom stereocenters. The summed E-state index contributed by atoms with van der Waals surface area (Å²) >= 11 is 0. The average Bonchev–Trinajstić information content (AvgIpc) is 3.18. The maximum Gasteiger partial charge on any atom is 0.267 e. The van der Waals surface area contributed by atoms with Crippen molar-refractivity contribution >= 4 is 11.7 Å². The minimum atomic E-state index is -0.665. The summed E-state index contributed by atoms with van der Waals surface area (Å²) < 4.78 is 6.94. The molecule has 0 spiro atoms. The minimum Gasteiger partial charge on any atom is -0.507 e. The third-order valence-corrected chi connectivity index (χ3v) is 5.02. The van der Waals surface area contributed by atoms with Gasteiger partial charge in [-0.1, -0.05) is 0 Å². The summed E-state index contributed by atoms with van der Waals surface area (Å²) in [6.07, 6.45) is 6.27. The third-order valence-electron chi connectivity index (χ3n) is 5.02. The van der Waals surface area contributed by atoms with Gasteiger partial charge in [-0.25, -0.2) is 4.98 Å². The van der Waals surface area contributed by atoms with E-state index in [9.17, 15) is 14.7 Å². The molecule has 3 aromatic rings. The molecule has 144 valence electrons. The Hall–Kier alpha value is -3.35. The molecule has 0 saturated heterocycles. The number of carbonyl (C=O) groups excluding carboxylic acids is 1. The monoisotopic (exact) mass is 379 g/mol. The van der Waals surface area contributed by atoms with Crippen molar-refractivity contribution in [2.24, 2.45) is 0 Å². The number of aromatic hydroxyl groups is 1. The second-order valence-electron chi connectivity index (χ2n) is 7.00. The molecule has 4 rings (SSSR count). The fourth-order valence-corrected chi connectivity index (χ4v) is 3.67. The highest BCUT2D eigenvalue weighted by Crippen LogP contribution is 2.31. The van der Waals surface area contributed by atoms with Crippen LogP contribution in [0.3, 0.4) is 0 Å². The van der Waals surface area contributed by atoms with Crippen LogP contribution < -0.4 is 10.9 Å². The van der Waals surface area contributed by atoms with Crippen molar-refractivity contribution in [2.45, 2.75) is 39.2 Å². The molecule has 0 saturated carbocycles. The molecule has 3 heterocycles. The van der Waals surface area contributed by atoms with Gasteiger partial charge in [0.05, 0.1) is 12.8 Å². The standard InChI is InChI=1S/C21H21N3O4/c1-13-8-9-22-17(11-13)23-20(26)18-19(25)15-6-2-3-7-16(15)24(21(18)27)12-14-5-4-10-28-14/h4-5,8-11,25H,2-3,6-7,12H2,1H3,(H,22,23,26). The van der Waals surface area contributed by atoms with E-state index >= 15 is 0 Å². The molecule has 2 N–H and O–H groups in total. The van der Waals surface area contributed by atoms with E-state index in [0.717, 1.165) is 24.1 Å². The van der Waals surface area contributed by atoms with Crippen LogP contribution in [0.15, 0.2) is 45.9 Å². The fourth-order valence-electron chi connectivity index (χ4n) is 3.67. The first-order valence-electron chi connectivity index (χ1n) is 9.28. The Bertz CT molecular complexity index is 1080. The molecule has 7 nitrogen and oxygen atoms in total. The Balaban J connectivity index is 1.80. The second-order valence-corrected chi connectivity index (χ2v) is 7.00. The van der Waals surface area contributed by atoms with Crippen LogP contribution in [0.2, 0.25) is 0 Å². The van der Waals surface area contributed by atoms with Gasteiger partial charge in [0.25, 0.3) is 11.5 Å². The number of hydrogen-bond acceptors (Lipinski definition) is 5. The van der Waals surface area contributed by atoms with Gasteiger partial charge in [0.1, 0.15) is 22.9 Å². The Morgan fingerprint density at radius 2 is 2.14 bits per heavy atom. The molecule has 3 aromatic heterocycles. The van der Waals surface area contributed by atoms with Crippen molar-refractivity contribution in [3.8, 4) is 5.75 Å². The molecular weight excluding hydrogens is 358 g/mol. The zero-order valence-electron chi connectivity index (χ0n) is 15.6. The maximum atomic E-state index is 13.2. The zero-order valence-corrected chi connectivity index (χ0v) is 15.6. The molecule has 0 radical (unpaired) electrons. The van der Waals surface area contributed by atoms with E-state index in [4.69, 9.17) is 4.42 Å². The summed E-state index contributed by atoms with van der Waals surface area (Å²) in [6.45, 7) is 2.10. The number of rotatable bonds is 4. The van der Waals surface area contributed by atoms with Gasteiger partial charge in [-0.2, -0.15) is 0 Å². The number of pyridine rings is 2. The summed E-state index contributed by atoms with van der Waals surface area (Å²) in [7, 11) is 0. The molecule has 0 bridgehead atoms. The van der Waals surface area contributed by atoms with E-state index in [-0.39, 0.29) is 17.9 Å². The number of nitrogens with one attached hydrogen (secondary N) is 1. The van der Waals surface area contributed by atoms with Crippen molar-refractivity contribution in [3.63, 3.8) is 0 Å². The molecule has 0 aromatic carbocycles. The van der Waals surface area contributed by atoms with Gasteiger partial charge in [0.15, 0.2) is 0 Å². The van der Waals surface area contributed by atoms with Gasteiger partial charge < -0.3 is 19.4 Å². The van der Waals surface area contributed by atoms with Gasteiger partial charge in [-0.15, -0.1) is 0 Å². The Labute approximate surface area is 161 Å². The number of amides is 1. The number of aryl methyl sites for hydroxylation is 1. The van der Waals surface area contributed by atoms with Crippen molar-refractivity contribution in [3.05, 3.63) is 75.2 Å². The van der Waals surface area contributed by atoms with E-state index in [1.807, 2.05) is 13.0 Å². The summed E-state index contributed by atoms with van der Waals surface area (Å²) in [4.78, 5) is 30.1. The number of fused-ring (bicyclic) bond motifs is 1. The van der Waals surface area contributed by atoms with E-state index in [2.05, 4.69) is 10.3 Å². The van der Waals surface area contributed by atoms with E-state index in [1.165, 1.54) is 0 Å². The lowest BCUT2D eigenvalue weighted by molar-refractivity contribution is 0.102. The number of furan rings is 1. The quantitative estimate of drug-likeness (QED) is 0.726. The van der Waals surface area contributed by atoms with Crippen LogP contribution in [0, 0.1) is 6.92 Å². The molecule has 1 aliphatic carbocycles. The third kappa shape index (κ3) is 3.31. The number of aromatic nitrogens is 2. The summed E-state index contributed by atoms with van der Waals surface area (Å²) in [5.41, 5.74) is 1.58. The molecule has 7 heteroatoms. The summed E-state index contributed by atoms with van der Waals surface area (Å²) in [6, 6.07) is 7.05. The van der Waals surface area contributed by atoms with Crippen molar-refractivity contribution < 1.29 is 14.3 Å². The highest BCUT2D eigenvalue weighted by atomic mass is 16.3. The molecular formula is C21H21N3O4. The zero-order chi connectivity index (χ0) is 19.7. The maximum absolute atomic E-state index is 13.2. The fraction of sp³-hybridized carbons (Fsp3) is 0.286.